The van der Waals surface area contributed by atoms with Crippen LogP contribution in [0.3, 0.4) is 0 Å². The number of rotatable bonds is 4. The standard InChI is InChI=1S/C25H29N3O8/c1-27(2)19-14-9-12-8-13-11(10-28-6-3-7-36-28)4-5-15(29)17(13)20(30)16(12)22(32)25(14,35)23(33)18(21(19)31)24(26)34/h4-5,12,14,19,29,31-32,35H,3,6-10H2,1-2H3,(H2,26,34)/t12-,14-,19-,25-/m0/s1. The highest BCUT2D eigenvalue weighted by molar-refractivity contribution is 6.24. The van der Waals surface area contributed by atoms with E-state index in [1.807, 2.05) is 0 Å². The van der Waals surface area contributed by atoms with Crippen molar-refractivity contribution in [2.45, 2.75) is 37.5 Å². The maximum atomic E-state index is 13.7. The maximum absolute atomic E-state index is 13.7. The normalized spacial score (nSPS) is 30.5. The molecule has 36 heavy (non-hydrogen) atoms. The number of Topliss-reactive ketones (excluding diaryl/α,β-unsaturated/α-hetero) is 2. The summed E-state index contributed by atoms with van der Waals surface area (Å²) in [5, 5.41) is 46.1. The molecule has 4 atom stereocenters. The van der Waals surface area contributed by atoms with Crippen molar-refractivity contribution in [2.24, 2.45) is 17.6 Å². The molecule has 192 valence electrons. The number of aliphatic hydroxyl groups is 3. The summed E-state index contributed by atoms with van der Waals surface area (Å²) >= 11 is 0. The van der Waals surface area contributed by atoms with Crippen LogP contribution >= 0.6 is 0 Å². The zero-order valence-electron chi connectivity index (χ0n) is 20.0. The fraction of sp³-hybridized carbons (Fsp3) is 0.480. The first-order valence-electron chi connectivity index (χ1n) is 11.8. The fourth-order valence-corrected chi connectivity index (χ4v) is 6.28. The van der Waals surface area contributed by atoms with Crippen LogP contribution in [-0.2, 0) is 27.4 Å². The number of phenolic OH excluding ortho intramolecular Hbond substituents is 1. The number of allylic oxidation sites excluding steroid dienone is 1. The number of ketones is 2. The SMILES string of the molecule is CN(C)[C@@H]1C(O)=C(C(N)=O)C(=O)[C@@]2(O)C(O)=C3C(=O)c4c(O)ccc(CN5CCCO5)c4C[C@H]3C[C@@H]12. The number of carbonyl (C=O) groups excluding carboxylic acids is 3. The Morgan fingerprint density at radius 3 is 2.58 bits per heavy atom. The molecular weight excluding hydrogens is 470 g/mol. The Morgan fingerprint density at radius 2 is 1.97 bits per heavy atom. The highest BCUT2D eigenvalue weighted by Gasteiger charge is 2.63. The van der Waals surface area contributed by atoms with Gasteiger partial charge in [-0.05, 0) is 56.5 Å². The lowest BCUT2D eigenvalue weighted by atomic mass is 9.58. The minimum atomic E-state index is -2.64. The van der Waals surface area contributed by atoms with E-state index in [0.717, 1.165) is 18.5 Å². The fourth-order valence-electron chi connectivity index (χ4n) is 6.28. The van der Waals surface area contributed by atoms with Crippen molar-refractivity contribution in [3.05, 3.63) is 51.5 Å². The van der Waals surface area contributed by atoms with Gasteiger partial charge in [0.25, 0.3) is 5.91 Å². The lowest BCUT2D eigenvalue weighted by molar-refractivity contribution is -0.148. The van der Waals surface area contributed by atoms with Gasteiger partial charge >= 0.3 is 0 Å². The van der Waals surface area contributed by atoms with Crippen LogP contribution < -0.4 is 5.73 Å². The second-order valence-corrected chi connectivity index (χ2v) is 10.1. The van der Waals surface area contributed by atoms with E-state index in [-0.39, 0.29) is 29.7 Å². The molecule has 11 heteroatoms. The number of amides is 1. The van der Waals surface area contributed by atoms with Crippen LogP contribution in [0.15, 0.2) is 34.8 Å². The maximum Gasteiger partial charge on any atom is 0.255 e. The Kier molecular flexibility index (Phi) is 5.71. The minimum Gasteiger partial charge on any atom is -0.510 e. The van der Waals surface area contributed by atoms with Gasteiger partial charge in [-0.3, -0.25) is 24.1 Å². The third-order valence-electron chi connectivity index (χ3n) is 7.88. The Morgan fingerprint density at radius 1 is 1.25 bits per heavy atom. The van der Waals surface area contributed by atoms with E-state index >= 15 is 0 Å². The van der Waals surface area contributed by atoms with Crippen LogP contribution in [0.1, 0.15) is 34.3 Å². The van der Waals surface area contributed by atoms with E-state index in [0.29, 0.717) is 18.7 Å². The van der Waals surface area contributed by atoms with Gasteiger partial charge in [0.2, 0.25) is 5.78 Å². The molecule has 0 bridgehead atoms. The molecule has 5 rings (SSSR count). The van der Waals surface area contributed by atoms with Gasteiger partial charge in [0, 0.05) is 24.6 Å². The van der Waals surface area contributed by atoms with E-state index < -0.39 is 58.0 Å². The third-order valence-corrected chi connectivity index (χ3v) is 7.88. The number of phenols is 1. The number of fused-ring (bicyclic) bond motifs is 3. The summed E-state index contributed by atoms with van der Waals surface area (Å²) in [4.78, 5) is 46.1. The summed E-state index contributed by atoms with van der Waals surface area (Å²) in [5.41, 5.74) is 3.13. The van der Waals surface area contributed by atoms with Crippen molar-refractivity contribution >= 4 is 17.5 Å². The highest BCUT2D eigenvalue weighted by Crippen LogP contribution is 2.52. The molecule has 1 aromatic rings. The third kappa shape index (κ3) is 3.30. The largest absolute Gasteiger partial charge is 0.510 e. The van der Waals surface area contributed by atoms with Crippen molar-refractivity contribution in [3.63, 3.8) is 0 Å². The Bertz CT molecular complexity index is 1250. The molecule has 4 aliphatic rings. The van der Waals surface area contributed by atoms with Gasteiger partial charge < -0.3 is 26.2 Å². The summed E-state index contributed by atoms with van der Waals surface area (Å²) < 4.78 is 0. The quantitative estimate of drug-likeness (QED) is 0.362. The van der Waals surface area contributed by atoms with Crippen molar-refractivity contribution in [3.8, 4) is 5.75 Å². The average Bonchev–Trinajstić information content (AvgIpc) is 3.31. The summed E-state index contributed by atoms with van der Waals surface area (Å²) in [6, 6.07) is 2.12. The Hall–Kier alpha value is -3.25. The lowest BCUT2D eigenvalue weighted by Gasteiger charge is -2.50. The predicted molar refractivity (Wildman–Crippen MR) is 125 cm³/mol. The monoisotopic (exact) mass is 499 g/mol. The topological polar surface area (TPSA) is 174 Å². The van der Waals surface area contributed by atoms with E-state index in [9.17, 15) is 34.8 Å². The molecule has 11 nitrogen and oxygen atoms in total. The van der Waals surface area contributed by atoms with Crippen molar-refractivity contribution < 1.29 is 39.6 Å². The Balaban J connectivity index is 1.66. The first-order chi connectivity index (χ1) is 17.0. The van der Waals surface area contributed by atoms with Gasteiger partial charge in [-0.25, -0.2) is 0 Å². The molecule has 3 aliphatic carbocycles. The summed E-state index contributed by atoms with van der Waals surface area (Å²) in [6.07, 6.45) is 1.19. The first kappa shape index (κ1) is 24.4. The number of hydroxylamine groups is 2. The summed E-state index contributed by atoms with van der Waals surface area (Å²) in [5.74, 6) is -6.57. The average molecular weight is 500 g/mol. The van der Waals surface area contributed by atoms with Crippen LogP contribution in [0.5, 0.6) is 5.75 Å². The van der Waals surface area contributed by atoms with Crippen LogP contribution in [0.4, 0.5) is 0 Å². The molecule has 0 unspecified atom stereocenters. The van der Waals surface area contributed by atoms with Gasteiger partial charge in [-0.2, -0.15) is 5.06 Å². The van der Waals surface area contributed by atoms with Gasteiger partial charge in [0.1, 0.15) is 22.8 Å². The number of aromatic hydroxyl groups is 1. The lowest BCUT2D eigenvalue weighted by Crippen LogP contribution is -2.63. The van der Waals surface area contributed by atoms with E-state index in [1.165, 1.54) is 11.0 Å². The molecule has 6 N–H and O–H groups in total. The number of benzene rings is 1. The van der Waals surface area contributed by atoms with Crippen molar-refractivity contribution in [1.29, 1.82) is 0 Å². The molecule has 1 fully saturated rings. The van der Waals surface area contributed by atoms with Crippen LogP contribution in [0.25, 0.3) is 0 Å². The summed E-state index contributed by atoms with van der Waals surface area (Å²) in [6.45, 7) is 1.74. The molecule has 0 saturated carbocycles. The number of nitrogens with two attached hydrogens (primary N) is 1. The summed E-state index contributed by atoms with van der Waals surface area (Å²) in [7, 11) is 3.19. The molecule has 0 aromatic heterocycles. The molecule has 1 amide bonds. The molecule has 1 aliphatic heterocycles. The molecule has 0 spiro atoms. The van der Waals surface area contributed by atoms with Gasteiger partial charge in [0.15, 0.2) is 11.4 Å². The van der Waals surface area contributed by atoms with Crippen LogP contribution in [0, 0.1) is 11.8 Å². The number of nitrogens with zero attached hydrogens (tertiary/aromatic N) is 2. The molecule has 0 radical (unpaired) electrons. The smallest absolute Gasteiger partial charge is 0.255 e. The predicted octanol–water partition coefficient (Wildman–Crippen LogP) is 0.258. The van der Waals surface area contributed by atoms with Crippen LogP contribution in [0.2, 0.25) is 0 Å². The second kappa shape index (κ2) is 8.41. The van der Waals surface area contributed by atoms with Gasteiger partial charge in [0.05, 0.1) is 18.2 Å². The van der Waals surface area contributed by atoms with Gasteiger partial charge in [-0.15, -0.1) is 0 Å². The number of likely N-dealkylation sites (N-methyl/N-ethyl adjacent to an activating group) is 1. The number of aliphatic hydroxyl groups excluding tert-OH is 2. The second-order valence-electron chi connectivity index (χ2n) is 10.1. The van der Waals surface area contributed by atoms with E-state index in [2.05, 4.69) is 0 Å². The molecule has 1 saturated heterocycles. The van der Waals surface area contributed by atoms with Crippen molar-refractivity contribution in [2.75, 3.05) is 27.2 Å². The molecule has 1 heterocycles. The number of carbonyl (C=O) groups is 3. The Labute approximate surface area is 207 Å². The first-order valence-corrected chi connectivity index (χ1v) is 11.8. The van der Waals surface area contributed by atoms with Crippen molar-refractivity contribution in [1.82, 2.24) is 9.96 Å². The zero-order valence-corrected chi connectivity index (χ0v) is 20.0. The van der Waals surface area contributed by atoms with Crippen LogP contribution in [-0.4, -0.2) is 86.8 Å². The number of hydrogen-bond donors (Lipinski definition) is 5. The van der Waals surface area contributed by atoms with E-state index in [4.69, 9.17) is 10.6 Å². The highest BCUT2D eigenvalue weighted by atomic mass is 16.7. The molecular formula is C25H29N3O8. The van der Waals surface area contributed by atoms with Gasteiger partial charge in [-0.1, -0.05) is 6.07 Å². The zero-order chi connectivity index (χ0) is 26.1. The molecule has 1 aromatic carbocycles. The van der Waals surface area contributed by atoms with E-state index in [1.54, 1.807) is 25.2 Å². The number of hydrogen-bond acceptors (Lipinski definition) is 10. The minimum absolute atomic E-state index is 0.00692. The number of primary amides is 1.